The molecule has 29 heavy (non-hydrogen) atoms. The average Bonchev–Trinajstić information content (AvgIpc) is 3.20. The fourth-order valence-corrected chi connectivity index (χ4v) is 3.59. The minimum Gasteiger partial charge on any atom is -0.367 e. The molecule has 3 aromatic carbocycles. The summed E-state index contributed by atoms with van der Waals surface area (Å²) in [5.41, 5.74) is 3.63. The van der Waals surface area contributed by atoms with Gasteiger partial charge in [0.1, 0.15) is 6.10 Å². The molecule has 1 aliphatic heterocycles. The van der Waals surface area contributed by atoms with E-state index >= 15 is 0 Å². The van der Waals surface area contributed by atoms with E-state index in [-0.39, 0.29) is 6.10 Å². The van der Waals surface area contributed by atoms with Crippen molar-refractivity contribution in [2.45, 2.75) is 19.3 Å². The normalized spacial score (nSPS) is 14.4. The van der Waals surface area contributed by atoms with E-state index in [9.17, 15) is 0 Å². The van der Waals surface area contributed by atoms with Crippen LogP contribution >= 0.6 is 11.6 Å². The Morgan fingerprint density at radius 2 is 1.41 bits per heavy atom. The zero-order chi connectivity index (χ0) is 19.9. The summed E-state index contributed by atoms with van der Waals surface area (Å²) in [5, 5.41) is 0.745. The molecule has 148 valence electrons. The Labute approximate surface area is 177 Å². The highest BCUT2D eigenvalue weighted by molar-refractivity contribution is 6.30. The molecule has 0 N–H and O–H groups in total. The lowest BCUT2D eigenvalue weighted by molar-refractivity contribution is 0.0193. The number of ether oxygens (including phenoxy) is 1. The number of nitrogens with zero attached hydrogens (tertiary/aromatic N) is 2. The molecule has 0 saturated heterocycles. The van der Waals surface area contributed by atoms with Crippen LogP contribution in [0.3, 0.4) is 0 Å². The molecule has 0 fully saturated rings. The smallest absolute Gasteiger partial charge is 0.100 e. The molecule has 1 atom stereocenters. The molecule has 1 aliphatic rings. The van der Waals surface area contributed by atoms with Crippen LogP contribution in [-0.2, 0) is 17.9 Å². The second-order valence-corrected chi connectivity index (χ2v) is 7.72. The third-order valence-electron chi connectivity index (χ3n) is 5.02. The zero-order valence-electron chi connectivity index (χ0n) is 16.3. The van der Waals surface area contributed by atoms with Crippen molar-refractivity contribution < 1.29 is 4.74 Å². The van der Waals surface area contributed by atoms with Crippen LogP contribution in [0, 0.1) is 0 Å². The predicted molar refractivity (Wildman–Crippen MR) is 118 cm³/mol. The lowest BCUT2D eigenvalue weighted by Gasteiger charge is -2.26. The van der Waals surface area contributed by atoms with Crippen LogP contribution in [0.4, 0.5) is 0 Å². The molecule has 0 amide bonds. The van der Waals surface area contributed by atoms with Gasteiger partial charge in [0.05, 0.1) is 13.3 Å². The molecule has 0 aliphatic carbocycles. The Kier molecular flexibility index (Phi) is 6.50. The molecule has 4 heteroatoms. The van der Waals surface area contributed by atoms with Gasteiger partial charge in [-0.05, 0) is 28.8 Å². The van der Waals surface area contributed by atoms with E-state index in [2.05, 4.69) is 76.8 Å². The van der Waals surface area contributed by atoms with Crippen LogP contribution in [0.25, 0.3) is 0 Å². The van der Waals surface area contributed by atoms with Crippen molar-refractivity contribution in [1.82, 2.24) is 9.80 Å². The maximum atomic E-state index is 6.33. The van der Waals surface area contributed by atoms with Crippen LogP contribution in [0.5, 0.6) is 0 Å². The highest BCUT2D eigenvalue weighted by atomic mass is 35.5. The van der Waals surface area contributed by atoms with Gasteiger partial charge >= 0.3 is 0 Å². The number of halogens is 1. The third kappa shape index (κ3) is 5.63. The topological polar surface area (TPSA) is 15.7 Å². The summed E-state index contributed by atoms with van der Waals surface area (Å²) < 4.78 is 6.33. The first-order valence-corrected chi connectivity index (χ1v) is 10.3. The maximum absolute atomic E-state index is 6.33. The summed E-state index contributed by atoms with van der Waals surface area (Å²) in [4.78, 5) is 4.62. The monoisotopic (exact) mass is 404 g/mol. The Balaban J connectivity index is 1.38. The van der Waals surface area contributed by atoms with E-state index < -0.39 is 0 Å². The van der Waals surface area contributed by atoms with Crippen LogP contribution in [0.1, 0.15) is 22.8 Å². The van der Waals surface area contributed by atoms with Crippen molar-refractivity contribution in [2.24, 2.45) is 0 Å². The zero-order valence-corrected chi connectivity index (χ0v) is 17.1. The largest absolute Gasteiger partial charge is 0.367 e. The second-order valence-electron chi connectivity index (χ2n) is 7.28. The van der Waals surface area contributed by atoms with Gasteiger partial charge in [0.15, 0.2) is 0 Å². The molecule has 1 unspecified atom stereocenters. The fraction of sp³-hybridized carbons (Fsp3) is 0.200. The van der Waals surface area contributed by atoms with Gasteiger partial charge in [0, 0.05) is 30.5 Å². The number of benzene rings is 3. The lowest BCUT2D eigenvalue weighted by atomic mass is 10.1. The third-order valence-corrected chi connectivity index (χ3v) is 5.27. The van der Waals surface area contributed by atoms with E-state index in [0.29, 0.717) is 6.61 Å². The number of hydrogen-bond acceptors (Lipinski definition) is 3. The SMILES string of the molecule is Clc1ccc(COC(CN2C=CN(Cc3ccccc3)C2)c2ccccc2)cc1. The highest BCUT2D eigenvalue weighted by Gasteiger charge is 2.19. The van der Waals surface area contributed by atoms with E-state index in [1.807, 2.05) is 30.3 Å². The summed E-state index contributed by atoms with van der Waals surface area (Å²) in [6, 6.07) is 28.8. The summed E-state index contributed by atoms with van der Waals surface area (Å²) in [6.07, 6.45) is 4.31. The minimum atomic E-state index is -0.00629. The molecule has 0 radical (unpaired) electrons. The molecule has 4 rings (SSSR count). The van der Waals surface area contributed by atoms with E-state index in [1.165, 1.54) is 11.1 Å². The molecular weight excluding hydrogens is 380 g/mol. The molecular formula is C25H25ClN2O. The number of hydrogen-bond donors (Lipinski definition) is 0. The van der Waals surface area contributed by atoms with Crippen molar-refractivity contribution in [1.29, 1.82) is 0 Å². The van der Waals surface area contributed by atoms with Gasteiger partial charge in [-0.1, -0.05) is 84.4 Å². The van der Waals surface area contributed by atoms with Gasteiger partial charge in [-0.25, -0.2) is 0 Å². The van der Waals surface area contributed by atoms with E-state index in [0.717, 1.165) is 30.3 Å². The van der Waals surface area contributed by atoms with E-state index in [1.54, 1.807) is 0 Å². The average molecular weight is 405 g/mol. The highest BCUT2D eigenvalue weighted by Crippen LogP contribution is 2.23. The first-order chi connectivity index (χ1) is 14.3. The summed E-state index contributed by atoms with van der Waals surface area (Å²) in [5.74, 6) is 0. The van der Waals surface area contributed by atoms with Crippen LogP contribution in [0.2, 0.25) is 5.02 Å². The van der Waals surface area contributed by atoms with Crippen molar-refractivity contribution in [3.8, 4) is 0 Å². The van der Waals surface area contributed by atoms with Gasteiger partial charge in [-0.15, -0.1) is 0 Å². The summed E-state index contributed by atoms with van der Waals surface area (Å²) >= 11 is 6.00. The van der Waals surface area contributed by atoms with Crippen LogP contribution in [0.15, 0.2) is 97.3 Å². The molecule has 0 aromatic heterocycles. The van der Waals surface area contributed by atoms with Gasteiger partial charge in [-0.2, -0.15) is 0 Å². The number of rotatable bonds is 8. The Morgan fingerprint density at radius 3 is 2.14 bits per heavy atom. The van der Waals surface area contributed by atoms with Gasteiger partial charge < -0.3 is 14.5 Å². The van der Waals surface area contributed by atoms with Gasteiger partial charge in [0.25, 0.3) is 0 Å². The first kappa shape index (κ1) is 19.6. The molecule has 3 nitrogen and oxygen atoms in total. The molecule has 0 saturated carbocycles. The summed E-state index contributed by atoms with van der Waals surface area (Å²) in [6.45, 7) is 3.14. The molecule has 0 bridgehead atoms. The summed E-state index contributed by atoms with van der Waals surface area (Å²) in [7, 11) is 0. The Hall–Kier alpha value is -2.75. The quantitative estimate of drug-likeness (QED) is 0.468. The van der Waals surface area contributed by atoms with Gasteiger partial charge in [-0.3, -0.25) is 0 Å². The first-order valence-electron chi connectivity index (χ1n) is 9.87. The Morgan fingerprint density at radius 1 is 0.759 bits per heavy atom. The van der Waals surface area contributed by atoms with Crippen LogP contribution < -0.4 is 0 Å². The maximum Gasteiger partial charge on any atom is 0.100 e. The van der Waals surface area contributed by atoms with Crippen molar-refractivity contribution >= 4 is 11.6 Å². The Bertz CT molecular complexity index is 913. The fourth-order valence-electron chi connectivity index (χ4n) is 3.47. The molecule has 3 aromatic rings. The molecule has 0 spiro atoms. The standard InChI is InChI=1S/C25H25ClN2O/c26-24-13-11-22(12-14-24)19-29-25(23-9-5-2-6-10-23)18-28-16-15-27(20-28)17-21-7-3-1-4-8-21/h1-16,25H,17-20H2. The molecule has 1 heterocycles. The van der Waals surface area contributed by atoms with Crippen molar-refractivity contribution in [3.05, 3.63) is 119 Å². The lowest BCUT2D eigenvalue weighted by Crippen LogP contribution is -2.29. The van der Waals surface area contributed by atoms with Crippen LogP contribution in [-0.4, -0.2) is 23.0 Å². The predicted octanol–water partition coefficient (Wildman–Crippen LogP) is 5.84. The van der Waals surface area contributed by atoms with Gasteiger partial charge in [0.2, 0.25) is 0 Å². The van der Waals surface area contributed by atoms with E-state index in [4.69, 9.17) is 16.3 Å². The minimum absolute atomic E-state index is 0.00629. The second kappa shape index (κ2) is 9.64. The van der Waals surface area contributed by atoms with Crippen molar-refractivity contribution in [2.75, 3.05) is 13.2 Å². The van der Waals surface area contributed by atoms with Crippen molar-refractivity contribution in [3.63, 3.8) is 0 Å².